The summed E-state index contributed by atoms with van der Waals surface area (Å²) in [6.45, 7) is 1.15. The van der Waals surface area contributed by atoms with E-state index in [1.807, 2.05) is 0 Å². The normalized spacial score (nSPS) is 10.2. The average Bonchev–Trinajstić information content (AvgIpc) is 2.26. The van der Waals surface area contributed by atoms with Crippen molar-refractivity contribution in [1.82, 2.24) is 5.06 Å². The number of amides is 1. The van der Waals surface area contributed by atoms with Gasteiger partial charge in [0, 0.05) is 18.0 Å². The Kier molecular flexibility index (Phi) is 4.57. The second-order valence-corrected chi connectivity index (χ2v) is 3.80. The third-order valence-electron chi connectivity index (χ3n) is 2.20. The third-order valence-corrected chi connectivity index (χ3v) is 2.55. The molecule has 0 radical (unpaired) electrons. The molecule has 1 amide bonds. The van der Waals surface area contributed by atoms with Crippen LogP contribution in [0.3, 0.4) is 0 Å². The molecule has 1 rings (SSSR count). The van der Waals surface area contributed by atoms with Crippen LogP contribution in [-0.4, -0.2) is 23.0 Å². The molecule has 0 aliphatic rings. The Labute approximate surface area is 107 Å². The molecule has 0 N–H and O–H groups in total. The fourth-order valence-electron chi connectivity index (χ4n) is 1.30. The van der Waals surface area contributed by atoms with Gasteiger partial charge in [-0.25, -0.2) is 5.06 Å². The van der Waals surface area contributed by atoms with Crippen molar-refractivity contribution in [1.29, 1.82) is 0 Å². The van der Waals surface area contributed by atoms with E-state index >= 15 is 0 Å². The van der Waals surface area contributed by atoms with E-state index in [1.54, 1.807) is 0 Å². The van der Waals surface area contributed by atoms with Crippen molar-refractivity contribution >= 4 is 23.2 Å². The van der Waals surface area contributed by atoms with E-state index in [0.29, 0.717) is 0 Å². The topological polar surface area (TPSA) is 72.7 Å². The molecule has 0 unspecified atom stereocenters. The minimum atomic E-state index is -1.03. The first-order valence-electron chi connectivity index (χ1n) is 4.81. The Bertz CT molecular complexity index is 495. The number of nitro benzene ring substituents is 1. The first kappa shape index (κ1) is 14.3. The molecule has 0 saturated carbocycles. The molecule has 0 saturated heterocycles. The van der Waals surface area contributed by atoms with E-state index in [-0.39, 0.29) is 17.1 Å². The van der Waals surface area contributed by atoms with E-state index in [1.165, 1.54) is 14.0 Å². The molecular formula is C10H10ClFN2O4. The van der Waals surface area contributed by atoms with Crippen molar-refractivity contribution in [3.63, 3.8) is 0 Å². The van der Waals surface area contributed by atoms with Crippen LogP contribution in [0.2, 0.25) is 5.02 Å². The molecular weight excluding hydrogens is 267 g/mol. The Hall–Kier alpha value is -1.73. The fraction of sp³-hybridized carbons (Fsp3) is 0.300. The van der Waals surface area contributed by atoms with Crippen LogP contribution in [0.4, 0.5) is 10.1 Å². The zero-order valence-corrected chi connectivity index (χ0v) is 10.4. The zero-order valence-electron chi connectivity index (χ0n) is 9.65. The lowest BCUT2D eigenvalue weighted by Gasteiger charge is -2.18. The van der Waals surface area contributed by atoms with Crippen LogP contribution in [0.5, 0.6) is 0 Å². The molecule has 6 nitrogen and oxygen atoms in total. The van der Waals surface area contributed by atoms with Gasteiger partial charge >= 0.3 is 5.69 Å². The first-order chi connectivity index (χ1) is 8.36. The minimum absolute atomic E-state index is 0.0126. The van der Waals surface area contributed by atoms with Gasteiger partial charge in [-0.2, -0.15) is 4.39 Å². The fourth-order valence-corrected chi connectivity index (χ4v) is 1.51. The Balaban J connectivity index is 3.12. The van der Waals surface area contributed by atoms with Crippen LogP contribution in [0.15, 0.2) is 12.1 Å². The molecule has 0 heterocycles. The standard InChI is InChI=1S/C10H10ClFN2O4/c1-6(15)13(18-2)5-7-3-10(14(16)17)9(12)4-8(7)11/h3-4H,5H2,1-2H3. The number of nitrogens with zero attached hydrogens (tertiary/aromatic N) is 2. The van der Waals surface area contributed by atoms with Gasteiger partial charge in [0.15, 0.2) is 0 Å². The molecule has 0 bridgehead atoms. The summed E-state index contributed by atoms with van der Waals surface area (Å²) in [5.74, 6) is -1.43. The van der Waals surface area contributed by atoms with Gasteiger partial charge in [0.05, 0.1) is 18.6 Å². The van der Waals surface area contributed by atoms with E-state index in [0.717, 1.165) is 17.2 Å². The van der Waals surface area contributed by atoms with E-state index in [2.05, 4.69) is 0 Å². The van der Waals surface area contributed by atoms with Crippen LogP contribution >= 0.6 is 11.6 Å². The summed E-state index contributed by atoms with van der Waals surface area (Å²) in [5.41, 5.74) is -0.476. The number of hydrogen-bond donors (Lipinski definition) is 0. The number of benzene rings is 1. The van der Waals surface area contributed by atoms with Crippen molar-refractivity contribution in [2.75, 3.05) is 7.11 Å². The molecule has 18 heavy (non-hydrogen) atoms. The van der Waals surface area contributed by atoms with Gasteiger partial charge in [0.25, 0.3) is 0 Å². The summed E-state index contributed by atoms with van der Waals surface area (Å²) in [6.07, 6.45) is 0. The maximum absolute atomic E-state index is 13.2. The Morgan fingerprint density at radius 1 is 1.61 bits per heavy atom. The third kappa shape index (κ3) is 3.14. The molecule has 0 atom stereocenters. The molecule has 0 aromatic heterocycles. The maximum Gasteiger partial charge on any atom is 0.305 e. The van der Waals surface area contributed by atoms with Gasteiger partial charge in [0.2, 0.25) is 11.7 Å². The molecule has 1 aromatic rings. The minimum Gasteiger partial charge on any atom is -0.274 e. The van der Waals surface area contributed by atoms with Crippen LogP contribution in [0.25, 0.3) is 0 Å². The van der Waals surface area contributed by atoms with Gasteiger partial charge in [-0.05, 0) is 11.6 Å². The highest BCUT2D eigenvalue weighted by atomic mass is 35.5. The van der Waals surface area contributed by atoms with Gasteiger partial charge in [0.1, 0.15) is 0 Å². The van der Waals surface area contributed by atoms with E-state index in [9.17, 15) is 19.3 Å². The molecule has 0 spiro atoms. The van der Waals surface area contributed by atoms with Gasteiger partial charge < -0.3 is 0 Å². The second kappa shape index (κ2) is 5.74. The highest BCUT2D eigenvalue weighted by molar-refractivity contribution is 6.31. The quantitative estimate of drug-likeness (QED) is 0.625. The molecule has 8 heteroatoms. The summed E-state index contributed by atoms with van der Waals surface area (Å²) < 4.78 is 13.2. The summed E-state index contributed by atoms with van der Waals surface area (Å²) in [5, 5.41) is 11.5. The van der Waals surface area contributed by atoms with Crippen LogP contribution < -0.4 is 0 Å². The molecule has 0 aliphatic carbocycles. The van der Waals surface area contributed by atoms with Gasteiger partial charge in [-0.3, -0.25) is 19.7 Å². The lowest BCUT2D eigenvalue weighted by molar-refractivity contribution is -0.387. The first-order valence-corrected chi connectivity index (χ1v) is 5.19. The van der Waals surface area contributed by atoms with Gasteiger partial charge in [-0.15, -0.1) is 0 Å². The van der Waals surface area contributed by atoms with Gasteiger partial charge in [-0.1, -0.05) is 11.6 Å². The SMILES string of the molecule is CON(Cc1cc([N+](=O)[O-])c(F)cc1Cl)C(C)=O. The summed E-state index contributed by atoms with van der Waals surface area (Å²) >= 11 is 5.76. The number of rotatable bonds is 4. The monoisotopic (exact) mass is 276 g/mol. The lowest BCUT2D eigenvalue weighted by Crippen LogP contribution is -2.27. The van der Waals surface area contributed by atoms with Crippen LogP contribution in [0, 0.1) is 15.9 Å². The number of carbonyl (C=O) groups is 1. The highest BCUT2D eigenvalue weighted by Crippen LogP contribution is 2.26. The van der Waals surface area contributed by atoms with Crippen molar-refractivity contribution in [3.8, 4) is 0 Å². The van der Waals surface area contributed by atoms with Crippen molar-refractivity contribution < 1.29 is 18.9 Å². The summed E-state index contributed by atoms with van der Waals surface area (Å²) in [4.78, 5) is 25.6. The number of nitro groups is 1. The van der Waals surface area contributed by atoms with Crippen molar-refractivity contribution in [2.45, 2.75) is 13.5 Å². The lowest BCUT2D eigenvalue weighted by atomic mass is 10.2. The average molecular weight is 277 g/mol. The van der Waals surface area contributed by atoms with E-state index < -0.39 is 22.3 Å². The number of hydrogen-bond acceptors (Lipinski definition) is 4. The number of hydroxylamine groups is 2. The largest absolute Gasteiger partial charge is 0.305 e. The maximum atomic E-state index is 13.2. The van der Waals surface area contributed by atoms with Crippen LogP contribution in [-0.2, 0) is 16.2 Å². The Morgan fingerprint density at radius 3 is 2.67 bits per heavy atom. The smallest absolute Gasteiger partial charge is 0.274 e. The summed E-state index contributed by atoms with van der Waals surface area (Å²) in [6, 6.07) is 1.82. The van der Waals surface area contributed by atoms with Crippen molar-refractivity contribution in [3.05, 3.63) is 38.7 Å². The number of halogens is 2. The van der Waals surface area contributed by atoms with E-state index in [4.69, 9.17) is 16.4 Å². The molecule has 0 fully saturated rings. The van der Waals surface area contributed by atoms with Crippen molar-refractivity contribution in [2.24, 2.45) is 0 Å². The Morgan fingerprint density at radius 2 is 2.22 bits per heavy atom. The van der Waals surface area contributed by atoms with Crippen LogP contribution in [0.1, 0.15) is 12.5 Å². The molecule has 0 aliphatic heterocycles. The number of carbonyl (C=O) groups excluding carboxylic acids is 1. The second-order valence-electron chi connectivity index (χ2n) is 3.39. The predicted molar refractivity (Wildman–Crippen MR) is 61.3 cm³/mol. The molecule has 98 valence electrons. The highest BCUT2D eigenvalue weighted by Gasteiger charge is 2.19. The summed E-state index contributed by atoms with van der Waals surface area (Å²) in [7, 11) is 1.27. The zero-order chi connectivity index (χ0) is 13.9. The molecule has 1 aromatic carbocycles. The predicted octanol–water partition coefficient (Wildman–Crippen LogP) is 2.30.